The van der Waals surface area contributed by atoms with E-state index in [4.69, 9.17) is 5.73 Å². The summed E-state index contributed by atoms with van der Waals surface area (Å²) in [5.74, 6) is 0.261. The lowest BCUT2D eigenvalue weighted by Gasteiger charge is -2.07. The van der Waals surface area contributed by atoms with Crippen LogP contribution < -0.4 is 11.1 Å². The lowest BCUT2D eigenvalue weighted by Crippen LogP contribution is -2.12. The highest BCUT2D eigenvalue weighted by atomic mass is 16.2. The summed E-state index contributed by atoms with van der Waals surface area (Å²) in [5.41, 5.74) is 10.2. The number of carbonyl (C=O) groups is 2. The van der Waals surface area contributed by atoms with Crippen molar-refractivity contribution in [2.75, 3.05) is 5.32 Å². The summed E-state index contributed by atoms with van der Waals surface area (Å²) in [4.78, 5) is 31.2. The van der Waals surface area contributed by atoms with Crippen molar-refractivity contribution in [1.82, 2.24) is 9.97 Å². The van der Waals surface area contributed by atoms with E-state index in [1.54, 1.807) is 12.1 Å². The highest BCUT2D eigenvalue weighted by Crippen LogP contribution is 2.22. The number of amides is 2. The molecule has 6 nitrogen and oxygen atoms in total. The van der Waals surface area contributed by atoms with Gasteiger partial charge in [-0.1, -0.05) is 24.3 Å². The van der Waals surface area contributed by atoms with Gasteiger partial charge in [-0.3, -0.25) is 9.59 Å². The van der Waals surface area contributed by atoms with E-state index < -0.39 is 0 Å². The predicted molar refractivity (Wildman–Crippen MR) is 113 cm³/mol. The molecule has 0 aliphatic rings. The number of primary amides is 1. The number of hydrogen-bond acceptors (Lipinski definition) is 3. The minimum atomic E-state index is -0.335. The Labute approximate surface area is 167 Å². The second kappa shape index (κ2) is 7.98. The molecule has 2 amide bonds. The van der Waals surface area contributed by atoms with Crippen LogP contribution >= 0.6 is 0 Å². The van der Waals surface area contributed by atoms with Gasteiger partial charge >= 0.3 is 0 Å². The Balaban J connectivity index is 1.43. The van der Waals surface area contributed by atoms with Crippen LogP contribution in [-0.4, -0.2) is 21.8 Å². The molecule has 0 unspecified atom stereocenters. The Bertz CT molecular complexity index is 1130. The fourth-order valence-electron chi connectivity index (χ4n) is 3.09. The molecule has 0 atom stereocenters. The van der Waals surface area contributed by atoms with Crippen LogP contribution in [-0.2, 0) is 11.2 Å². The van der Waals surface area contributed by atoms with Gasteiger partial charge in [0.15, 0.2) is 0 Å². The van der Waals surface area contributed by atoms with Gasteiger partial charge in [-0.05, 0) is 60.5 Å². The number of nitrogens with zero attached hydrogens (tertiary/aromatic N) is 1. The van der Waals surface area contributed by atoms with Gasteiger partial charge in [0.2, 0.25) is 5.91 Å². The molecule has 4 aromatic rings. The molecule has 144 valence electrons. The highest BCUT2D eigenvalue weighted by molar-refractivity contribution is 6.04. The molecule has 6 heteroatoms. The standard InChI is InChI=1S/C23H20N4O2/c24-21(28)14-7-15-5-8-17(9-6-15)23(29)25-18-12-10-16(11-13-18)22-26-19-3-1-2-4-20(19)27-22/h1-6,8-13H,7,14H2,(H2,24,28)(H,25,29)(H,26,27). The summed E-state index contributed by atoms with van der Waals surface area (Å²) < 4.78 is 0. The highest BCUT2D eigenvalue weighted by Gasteiger charge is 2.08. The number of aromatic nitrogens is 2. The van der Waals surface area contributed by atoms with Crippen molar-refractivity contribution in [3.05, 3.63) is 83.9 Å². The number of nitrogens with two attached hydrogens (primary N) is 1. The van der Waals surface area contributed by atoms with Gasteiger partial charge in [0, 0.05) is 23.2 Å². The average molecular weight is 384 g/mol. The topological polar surface area (TPSA) is 101 Å². The largest absolute Gasteiger partial charge is 0.370 e. The quantitative estimate of drug-likeness (QED) is 0.470. The Morgan fingerprint density at radius 3 is 2.34 bits per heavy atom. The van der Waals surface area contributed by atoms with E-state index in [1.165, 1.54) is 0 Å². The Hall–Kier alpha value is -3.93. The number of hydrogen-bond donors (Lipinski definition) is 3. The lowest BCUT2D eigenvalue weighted by molar-refractivity contribution is -0.117. The molecule has 4 rings (SSSR count). The molecule has 0 saturated heterocycles. The number of anilines is 1. The molecule has 0 bridgehead atoms. The Morgan fingerprint density at radius 1 is 0.931 bits per heavy atom. The van der Waals surface area contributed by atoms with Gasteiger partial charge in [0.1, 0.15) is 5.82 Å². The molecule has 0 fully saturated rings. The minimum Gasteiger partial charge on any atom is -0.370 e. The second-order valence-corrected chi connectivity index (χ2v) is 6.80. The first-order chi connectivity index (χ1) is 14.1. The average Bonchev–Trinajstić information content (AvgIpc) is 3.17. The molecule has 0 aliphatic carbocycles. The van der Waals surface area contributed by atoms with Crippen LogP contribution in [0.25, 0.3) is 22.4 Å². The summed E-state index contributed by atoms with van der Waals surface area (Å²) in [6.45, 7) is 0. The van der Waals surface area contributed by atoms with E-state index in [-0.39, 0.29) is 11.8 Å². The van der Waals surface area contributed by atoms with Crippen molar-refractivity contribution in [2.24, 2.45) is 5.73 Å². The summed E-state index contributed by atoms with van der Waals surface area (Å²) in [6.07, 6.45) is 0.865. The lowest BCUT2D eigenvalue weighted by atomic mass is 10.1. The zero-order valence-electron chi connectivity index (χ0n) is 15.7. The summed E-state index contributed by atoms with van der Waals surface area (Å²) in [6, 6.07) is 22.6. The molecule has 1 aromatic heterocycles. The van der Waals surface area contributed by atoms with Crippen molar-refractivity contribution in [3.63, 3.8) is 0 Å². The fraction of sp³-hybridized carbons (Fsp3) is 0.0870. The molecule has 0 aliphatic heterocycles. The maximum Gasteiger partial charge on any atom is 0.255 e. The molecule has 0 saturated carbocycles. The maximum absolute atomic E-state index is 12.5. The zero-order valence-corrected chi connectivity index (χ0v) is 15.7. The minimum absolute atomic E-state index is 0.192. The number of aryl methyl sites for hydroxylation is 1. The SMILES string of the molecule is NC(=O)CCc1ccc(C(=O)Nc2ccc(-c3nc4ccccc4[nH]3)cc2)cc1. The van der Waals surface area contributed by atoms with E-state index in [0.717, 1.165) is 28.0 Å². The molecule has 3 aromatic carbocycles. The van der Waals surface area contributed by atoms with Crippen LogP contribution in [0.4, 0.5) is 5.69 Å². The van der Waals surface area contributed by atoms with Crippen LogP contribution in [0.5, 0.6) is 0 Å². The first kappa shape index (κ1) is 18.4. The Morgan fingerprint density at radius 2 is 1.66 bits per heavy atom. The maximum atomic E-state index is 12.5. The van der Waals surface area contributed by atoms with Crippen molar-refractivity contribution in [3.8, 4) is 11.4 Å². The summed E-state index contributed by atoms with van der Waals surface area (Å²) in [5, 5.41) is 2.89. The van der Waals surface area contributed by atoms with Crippen LogP contribution in [0.2, 0.25) is 0 Å². The fourth-order valence-corrected chi connectivity index (χ4v) is 3.09. The number of aromatic amines is 1. The number of carbonyl (C=O) groups excluding carboxylic acids is 2. The molecule has 0 radical (unpaired) electrons. The first-order valence-corrected chi connectivity index (χ1v) is 9.32. The smallest absolute Gasteiger partial charge is 0.255 e. The zero-order chi connectivity index (χ0) is 20.2. The number of rotatable bonds is 6. The van der Waals surface area contributed by atoms with Crippen molar-refractivity contribution >= 4 is 28.5 Å². The second-order valence-electron chi connectivity index (χ2n) is 6.80. The van der Waals surface area contributed by atoms with Gasteiger partial charge in [-0.25, -0.2) is 4.98 Å². The third-order valence-corrected chi connectivity index (χ3v) is 4.68. The van der Waals surface area contributed by atoms with E-state index in [9.17, 15) is 9.59 Å². The van der Waals surface area contributed by atoms with Gasteiger partial charge in [-0.15, -0.1) is 0 Å². The van der Waals surface area contributed by atoms with E-state index in [0.29, 0.717) is 24.1 Å². The monoisotopic (exact) mass is 384 g/mol. The van der Waals surface area contributed by atoms with Crippen LogP contribution in [0.3, 0.4) is 0 Å². The van der Waals surface area contributed by atoms with Crippen molar-refractivity contribution in [1.29, 1.82) is 0 Å². The number of benzene rings is 3. The molecule has 1 heterocycles. The van der Waals surface area contributed by atoms with Gasteiger partial charge in [0.05, 0.1) is 11.0 Å². The van der Waals surface area contributed by atoms with Gasteiger partial charge < -0.3 is 16.0 Å². The first-order valence-electron chi connectivity index (χ1n) is 9.32. The summed E-state index contributed by atoms with van der Waals surface area (Å²) in [7, 11) is 0. The predicted octanol–water partition coefficient (Wildman–Crippen LogP) is 3.90. The number of fused-ring (bicyclic) bond motifs is 1. The number of imidazole rings is 1. The van der Waals surface area contributed by atoms with Crippen LogP contribution in [0.1, 0.15) is 22.3 Å². The van der Waals surface area contributed by atoms with E-state index in [2.05, 4.69) is 15.3 Å². The number of nitrogens with one attached hydrogen (secondary N) is 2. The van der Waals surface area contributed by atoms with Gasteiger partial charge in [0.25, 0.3) is 5.91 Å². The molecule has 29 heavy (non-hydrogen) atoms. The van der Waals surface area contributed by atoms with Crippen LogP contribution in [0.15, 0.2) is 72.8 Å². The molecule has 0 spiro atoms. The number of H-pyrrole nitrogens is 1. The number of para-hydroxylation sites is 2. The normalized spacial score (nSPS) is 10.8. The summed E-state index contributed by atoms with van der Waals surface area (Å²) >= 11 is 0. The molecule has 4 N–H and O–H groups in total. The van der Waals surface area contributed by atoms with Crippen molar-refractivity contribution in [2.45, 2.75) is 12.8 Å². The van der Waals surface area contributed by atoms with Crippen LogP contribution in [0, 0.1) is 0 Å². The third kappa shape index (κ3) is 4.32. The molecular formula is C23H20N4O2. The van der Waals surface area contributed by atoms with Crippen molar-refractivity contribution < 1.29 is 9.59 Å². The third-order valence-electron chi connectivity index (χ3n) is 4.68. The van der Waals surface area contributed by atoms with E-state index in [1.807, 2.05) is 60.7 Å². The molecular weight excluding hydrogens is 364 g/mol. The Kier molecular flexibility index (Phi) is 5.07. The van der Waals surface area contributed by atoms with E-state index >= 15 is 0 Å². The van der Waals surface area contributed by atoms with Gasteiger partial charge in [-0.2, -0.15) is 0 Å².